The predicted molar refractivity (Wildman–Crippen MR) is 88.4 cm³/mol. The van der Waals surface area contributed by atoms with Gasteiger partial charge in [0.2, 0.25) is 0 Å². The van der Waals surface area contributed by atoms with E-state index in [1.165, 1.54) is 31.4 Å². The van der Waals surface area contributed by atoms with E-state index >= 15 is 0 Å². The molecule has 3 rings (SSSR count). The van der Waals surface area contributed by atoms with Crippen LogP contribution in [0.5, 0.6) is 0 Å². The third kappa shape index (κ3) is 3.34. The van der Waals surface area contributed by atoms with Crippen LogP contribution in [0.3, 0.4) is 0 Å². The standard InChI is InChI=1S/C18H25N3/c1-18(2,3)13-4-6-14(7-5-13)21-15-8-9-16-17(12-15)20-11-10-19-16/h8-14,21H,4-7H2,1-3H3. The highest BCUT2D eigenvalue weighted by Crippen LogP contribution is 2.38. The Balaban J connectivity index is 1.64. The molecule has 1 heterocycles. The first-order chi connectivity index (χ1) is 10.0. The number of nitrogens with one attached hydrogen (secondary N) is 1. The van der Waals surface area contributed by atoms with Crippen molar-refractivity contribution in [3.63, 3.8) is 0 Å². The highest BCUT2D eigenvalue weighted by atomic mass is 14.9. The first-order valence-electron chi connectivity index (χ1n) is 8.00. The predicted octanol–water partition coefficient (Wildman–Crippen LogP) is 4.65. The molecule has 1 saturated carbocycles. The summed E-state index contributed by atoms with van der Waals surface area (Å²) in [7, 11) is 0. The Kier molecular flexibility index (Phi) is 3.83. The molecule has 1 aromatic heterocycles. The number of hydrogen-bond donors (Lipinski definition) is 1. The van der Waals surface area contributed by atoms with Crippen LogP contribution in [0, 0.1) is 11.3 Å². The summed E-state index contributed by atoms with van der Waals surface area (Å²) in [4.78, 5) is 8.69. The van der Waals surface area contributed by atoms with Crippen LogP contribution in [-0.2, 0) is 0 Å². The fraction of sp³-hybridized carbons (Fsp3) is 0.556. The summed E-state index contributed by atoms with van der Waals surface area (Å²) >= 11 is 0. The summed E-state index contributed by atoms with van der Waals surface area (Å²) in [5.41, 5.74) is 3.54. The Labute approximate surface area is 127 Å². The van der Waals surface area contributed by atoms with E-state index in [1.807, 2.05) is 6.07 Å². The van der Waals surface area contributed by atoms with Crippen LogP contribution in [-0.4, -0.2) is 16.0 Å². The highest BCUT2D eigenvalue weighted by molar-refractivity contribution is 5.78. The van der Waals surface area contributed by atoms with Crippen LogP contribution in [0.15, 0.2) is 30.6 Å². The van der Waals surface area contributed by atoms with Crippen molar-refractivity contribution in [2.75, 3.05) is 5.32 Å². The van der Waals surface area contributed by atoms with Crippen molar-refractivity contribution < 1.29 is 0 Å². The number of aromatic nitrogens is 2. The van der Waals surface area contributed by atoms with E-state index in [1.54, 1.807) is 12.4 Å². The number of rotatable bonds is 2. The Morgan fingerprint density at radius 3 is 2.29 bits per heavy atom. The molecule has 1 N–H and O–H groups in total. The van der Waals surface area contributed by atoms with Gasteiger partial charge in [-0.2, -0.15) is 0 Å². The summed E-state index contributed by atoms with van der Waals surface area (Å²) in [5.74, 6) is 0.859. The average Bonchev–Trinajstić information content (AvgIpc) is 2.47. The molecule has 1 aromatic carbocycles. The SMILES string of the molecule is CC(C)(C)C1CCC(Nc2ccc3nccnc3c2)CC1. The third-order valence-electron chi connectivity index (χ3n) is 4.79. The normalized spacial score (nSPS) is 23.2. The van der Waals surface area contributed by atoms with Gasteiger partial charge >= 0.3 is 0 Å². The van der Waals surface area contributed by atoms with Crippen LogP contribution in [0.1, 0.15) is 46.5 Å². The largest absolute Gasteiger partial charge is 0.382 e. The molecule has 1 fully saturated rings. The summed E-state index contributed by atoms with van der Waals surface area (Å²) in [5, 5.41) is 3.68. The van der Waals surface area contributed by atoms with Crippen LogP contribution in [0.25, 0.3) is 11.0 Å². The minimum absolute atomic E-state index is 0.448. The quantitative estimate of drug-likeness (QED) is 0.872. The van der Waals surface area contributed by atoms with Gasteiger partial charge in [0, 0.05) is 24.1 Å². The second-order valence-electron chi connectivity index (χ2n) is 7.32. The fourth-order valence-corrected chi connectivity index (χ4v) is 3.39. The maximum Gasteiger partial charge on any atom is 0.0907 e. The fourth-order valence-electron chi connectivity index (χ4n) is 3.39. The van der Waals surface area contributed by atoms with E-state index in [4.69, 9.17) is 0 Å². The molecule has 112 valence electrons. The van der Waals surface area contributed by atoms with Crippen molar-refractivity contribution in [3.05, 3.63) is 30.6 Å². The molecule has 1 aliphatic rings. The van der Waals surface area contributed by atoms with Gasteiger partial charge in [-0.1, -0.05) is 20.8 Å². The minimum Gasteiger partial charge on any atom is -0.382 e. The second kappa shape index (κ2) is 5.63. The van der Waals surface area contributed by atoms with Gasteiger partial charge in [0.05, 0.1) is 11.0 Å². The van der Waals surface area contributed by atoms with Crippen molar-refractivity contribution in [2.45, 2.75) is 52.5 Å². The van der Waals surface area contributed by atoms with Gasteiger partial charge in [-0.25, -0.2) is 0 Å². The lowest BCUT2D eigenvalue weighted by molar-refractivity contribution is 0.173. The first kappa shape index (κ1) is 14.3. The Morgan fingerprint density at radius 2 is 1.62 bits per heavy atom. The van der Waals surface area contributed by atoms with Crippen molar-refractivity contribution in [1.82, 2.24) is 9.97 Å². The number of nitrogens with zero attached hydrogens (tertiary/aromatic N) is 2. The molecule has 3 nitrogen and oxygen atoms in total. The van der Waals surface area contributed by atoms with Crippen LogP contribution >= 0.6 is 0 Å². The van der Waals surface area contributed by atoms with E-state index in [9.17, 15) is 0 Å². The van der Waals surface area contributed by atoms with Crippen LogP contribution in [0.4, 0.5) is 5.69 Å². The van der Waals surface area contributed by atoms with Gasteiger partial charge in [-0.15, -0.1) is 0 Å². The van der Waals surface area contributed by atoms with Gasteiger partial charge in [0.1, 0.15) is 0 Å². The van der Waals surface area contributed by atoms with E-state index in [0.717, 1.165) is 17.0 Å². The highest BCUT2D eigenvalue weighted by Gasteiger charge is 2.29. The molecule has 1 aliphatic carbocycles. The zero-order chi connectivity index (χ0) is 14.9. The summed E-state index contributed by atoms with van der Waals surface area (Å²) < 4.78 is 0. The molecule has 0 saturated heterocycles. The maximum absolute atomic E-state index is 4.38. The van der Waals surface area contributed by atoms with Crippen LogP contribution < -0.4 is 5.32 Å². The molecule has 2 aromatic rings. The smallest absolute Gasteiger partial charge is 0.0907 e. The van der Waals surface area contributed by atoms with Gasteiger partial charge < -0.3 is 5.32 Å². The lowest BCUT2D eigenvalue weighted by Crippen LogP contribution is -2.31. The van der Waals surface area contributed by atoms with E-state index in [2.05, 4.69) is 48.2 Å². The van der Waals surface area contributed by atoms with Gasteiger partial charge in [0.25, 0.3) is 0 Å². The number of hydrogen-bond acceptors (Lipinski definition) is 3. The lowest BCUT2D eigenvalue weighted by atomic mass is 9.71. The molecule has 0 amide bonds. The number of benzene rings is 1. The molecule has 0 aliphatic heterocycles. The Morgan fingerprint density at radius 1 is 0.952 bits per heavy atom. The average molecular weight is 283 g/mol. The number of anilines is 1. The molecular formula is C18H25N3. The molecule has 0 bridgehead atoms. The molecular weight excluding hydrogens is 258 g/mol. The number of fused-ring (bicyclic) bond motifs is 1. The molecule has 0 unspecified atom stereocenters. The second-order valence-corrected chi connectivity index (χ2v) is 7.32. The van der Waals surface area contributed by atoms with Crippen molar-refractivity contribution >= 4 is 16.7 Å². The Bertz CT molecular complexity index is 607. The topological polar surface area (TPSA) is 37.8 Å². The maximum atomic E-state index is 4.38. The molecule has 0 radical (unpaired) electrons. The van der Waals surface area contributed by atoms with Gasteiger partial charge in [-0.3, -0.25) is 9.97 Å². The molecule has 0 atom stereocenters. The van der Waals surface area contributed by atoms with Gasteiger partial charge in [-0.05, 0) is 55.2 Å². The minimum atomic E-state index is 0.448. The van der Waals surface area contributed by atoms with E-state index in [-0.39, 0.29) is 0 Å². The monoisotopic (exact) mass is 283 g/mol. The van der Waals surface area contributed by atoms with Gasteiger partial charge in [0.15, 0.2) is 0 Å². The van der Waals surface area contributed by atoms with Crippen LogP contribution in [0.2, 0.25) is 0 Å². The van der Waals surface area contributed by atoms with Crippen molar-refractivity contribution in [2.24, 2.45) is 11.3 Å². The van der Waals surface area contributed by atoms with E-state index < -0.39 is 0 Å². The summed E-state index contributed by atoms with van der Waals surface area (Å²) in [6, 6.07) is 6.87. The molecule has 0 spiro atoms. The molecule has 21 heavy (non-hydrogen) atoms. The summed E-state index contributed by atoms with van der Waals surface area (Å²) in [6.07, 6.45) is 8.67. The molecule has 3 heteroatoms. The van der Waals surface area contributed by atoms with E-state index in [0.29, 0.717) is 11.5 Å². The van der Waals surface area contributed by atoms with Crippen molar-refractivity contribution in [3.8, 4) is 0 Å². The van der Waals surface area contributed by atoms with Crippen molar-refractivity contribution in [1.29, 1.82) is 0 Å². The third-order valence-corrected chi connectivity index (χ3v) is 4.79. The zero-order valence-corrected chi connectivity index (χ0v) is 13.3. The lowest BCUT2D eigenvalue weighted by Gasteiger charge is -2.37. The first-order valence-corrected chi connectivity index (χ1v) is 8.00. The Hall–Kier alpha value is -1.64. The zero-order valence-electron chi connectivity index (χ0n) is 13.3. The summed E-state index contributed by atoms with van der Waals surface area (Å²) in [6.45, 7) is 7.11.